The summed E-state index contributed by atoms with van der Waals surface area (Å²) in [6.45, 7) is 0. The van der Waals surface area contributed by atoms with Crippen molar-refractivity contribution in [3.05, 3.63) is 24.3 Å². The minimum absolute atomic E-state index is 0.229. The Kier molecular flexibility index (Phi) is 3.77. The Morgan fingerprint density at radius 2 is 1.77 bits per heavy atom. The molecular weight excluding hydrogens is 215 g/mol. The zero-order valence-electron chi connectivity index (χ0n) is 6.32. The van der Waals surface area contributed by atoms with Crippen LogP contribution in [0.4, 0.5) is 0 Å². The van der Waals surface area contributed by atoms with Gasteiger partial charge in [-0.3, -0.25) is 0 Å². The molecule has 0 radical (unpaired) electrons. The largest absolute Gasteiger partial charge is 0.427 e. The molecule has 0 saturated heterocycles. The first-order chi connectivity index (χ1) is 6.09. The lowest BCUT2D eigenvalue weighted by Crippen LogP contribution is -1.89. The highest BCUT2D eigenvalue weighted by Gasteiger charge is 2.03. The minimum atomic E-state index is -2.44. The zero-order valence-corrected chi connectivity index (χ0v) is 8.03. The van der Waals surface area contributed by atoms with E-state index in [1.807, 2.05) is 0 Å². The minimum Gasteiger partial charge on any atom is -0.427 e. The molecule has 0 fully saturated rings. The van der Waals surface area contributed by atoms with Crippen LogP contribution in [0.25, 0.3) is 0 Å². The van der Waals surface area contributed by atoms with Gasteiger partial charge in [-0.15, -0.1) is 0 Å². The molecule has 0 bridgehead atoms. The molecular formula is C6H7O5PS. The normalized spacial score (nSPS) is 12.9. The fraction of sp³-hybridized carbons (Fsp3) is 0. The van der Waals surface area contributed by atoms with Gasteiger partial charge in [-0.2, -0.15) is 0 Å². The third-order valence-corrected chi connectivity index (χ3v) is 2.26. The van der Waals surface area contributed by atoms with Crippen LogP contribution < -0.4 is 4.52 Å². The first-order valence-electron chi connectivity index (χ1n) is 3.16. The molecule has 5 nitrogen and oxygen atoms in total. The lowest BCUT2D eigenvalue weighted by molar-refractivity contribution is 0.375. The van der Waals surface area contributed by atoms with E-state index in [0.29, 0.717) is 0 Å². The van der Waals surface area contributed by atoms with Gasteiger partial charge in [-0.05, 0) is 24.3 Å². The molecule has 7 heteroatoms. The average Bonchev–Trinajstić information content (AvgIpc) is 2.04. The van der Waals surface area contributed by atoms with Crippen LogP contribution in [0.3, 0.4) is 0 Å². The highest BCUT2D eigenvalue weighted by molar-refractivity contribution is 7.79. The van der Waals surface area contributed by atoms with E-state index in [-0.39, 0.29) is 10.6 Å². The quantitative estimate of drug-likeness (QED) is 0.521. The lowest BCUT2D eigenvalue weighted by Gasteiger charge is -2.04. The summed E-state index contributed by atoms with van der Waals surface area (Å²) >= 11 is -2.03. The van der Waals surface area contributed by atoms with E-state index in [0.717, 1.165) is 0 Å². The van der Waals surface area contributed by atoms with E-state index in [2.05, 4.69) is 4.52 Å². The van der Waals surface area contributed by atoms with Crippen LogP contribution in [-0.2, 0) is 11.1 Å². The molecule has 0 aliphatic heterocycles. The predicted molar refractivity (Wildman–Crippen MR) is 47.5 cm³/mol. The lowest BCUT2D eigenvalue weighted by atomic mass is 10.3. The molecule has 1 unspecified atom stereocenters. The maximum atomic E-state index is 10.5. The third-order valence-electron chi connectivity index (χ3n) is 1.21. The molecule has 0 saturated carbocycles. The maximum absolute atomic E-state index is 10.5. The molecule has 1 aromatic carbocycles. The zero-order chi connectivity index (χ0) is 9.84. The second kappa shape index (κ2) is 4.64. The van der Waals surface area contributed by atoms with E-state index < -0.39 is 19.7 Å². The van der Waals surface area contributed by atoms with Crippen LogP contribution in [-0.4, -0.2) is 18.5 Å². The van der Waals surface area contributed by atoms with Crippen molar-refractivity contribution in [1.82, 2.24) is 0 Å². The summed E-state index contributed by atoms with van der Waals surface area (Å²) in [6.07, 6.45) is 0. The highest BCUT2D eigenvalue weighted by atomic mass is 32.2. The Balaban J connectivity index is 2.75. The average molecular weight is 222 g/mol. The van der Waals surface area contributed by atoms with Gasteiger partial charge in [0.2, 0.25) is 0 Å². The van der Waals surface area contributed by atoms with Crippen molar-refractivity contribution in [2.45, 2.75) is 4.90 Å². The van der Waals surface area contributed by atoms with Crippen LogP contribution >= 0.6 is 8.60 Å². The fourth-order valence-corrected chi connectivity index (χ4v) is 1.39. The highest BCUT2D eigenvalue weighted by Crippen LogP contribution is 2.28. The Morgan fingerprint density at radius 1 is 1.23 bits per heavy atom. The Hall–Kier alpha value is -0.520. The number of hydrogen-bond acceptors (Lipinski definition) is 4. The second-order valence-corrected chi connectivity index (χ2v) is 3.72. The molecule has 1 atom stereocenters. The summed E-state index contributed by atoms with van der Waals surface area (Å²) in [5, 5.41) is 0. The summed E-state index contributed by atoms with van der Waals surface area (Å²) in [5.41, 5.74) is 0. The Bertz CT molecular complexity index is 298. The maximum Gasteiger partial charge on any atom is 0.391 e. The van der Waals surface area contributed by atoms with Crippen molar-refractivity contribution in [3.63, 3.8) is 0 Å². The molecule has 0 aliphatic rings. The molecule has 1 aromatic rings. The van der Waals surface area contributed by atoms with Crippen LogP contribution in [0.5, 0.6) is 5.75 Å². The summed E-state index contributed by atoms with van der Waals surface area (Å²) in [5.74, 6) is 0.241. The van der Waals surface area contributed by atoms with E-state index in [1.54, 1.807) is 0 Å². The molecule has 1 rings (SSSR count). The first kappa shape index (κ1) is 10.6. The van der Waals surface area contributed by atoms with Gasteiger partial charge in [0.25, 0.3) is 0 Å². The van der Waals surface area contributed by atoms with Gasteiger partial charge in [0.05, 0.1) is 4.90 Å². The standard InChI is InChI=1S/C6H7O5PS/c7-12(8)11-5-1-3-6(4-2-5)13(9)10/h1-4,7-8H,(H,9,10). The summed E-state index contributed by atoms with van der Waals surface area (Å²) in [4.78, 5) is 17.2. The van der Waals surface area contributed by atoms with Crippen LogP contribution in [0.15, 0.2) is 29.2 Å². The van der Waals surface area contributed by atoms with Gasteiger partial charge in [0.15, 0.2) is 11.1 Å². The van der Waals surface area contributed by atoms with E-state index in [9.17, 15) is 4.21 Å². The molecule has 72 valence electrons. The molecule has 0 spiro atoms. The smallest absolute Gasteiger partial charge is 0.391 e. The van der Waals surface area contributed by atoms with E-state index in [4.69, 9.17) is 14.3 Å². The summed E-state index contributed by atoms with van der Waals surface area (Å²) < 4.78 is 23.7. The van der Waals surface area contributed by atoms with Gasteiger partial charge < -0.3 is 18.9 Å². The van der Waals surface area contributed by atoms with Crippen molar-refractivity contribution in [3.8, 4) is 5.75 Å². The van der Waals surface area contributed by atoms with Crippen LogP contribution in [0.2, 0.25) is 0 Å². The van der Waals surface area contributed by atoms with Gasteiger partial charge in [0, 0.05) is 0 Å². The SMILES string of the molecule is O=S(O)c1ccc(OP(O)O)cc1. The first-order valence-corrected chi connectivity index (χ1v) is 5.43. The van der Waals surface area contributed by atoms with Gasteiger partial charge in [0.1, 0.15) is 5.75 Å². The van der Waals surface area contributed by atoms with Crippen molar-refractivity contribution in [1.29, 1.82) is 0 Å². The third kappa shape index (κ3) is 3.38. The molecule has 13 heavy (non-hydrogen) atoms. The molecule has 0 amide bonds. The van der Waals surface area contributed by atoms with Crippen molar-refractivity contribution in [2.24, 2.45) is 0 Å². The molecule has 3 N–H and O–H groups in total. The van der Waals surface area contributed by atoms with Crippen molar-refractivity contribution < 1.29 is 23.1 Å². The second-order valence-electron chi connectivity index (χ2n) is 2.06. The summed E-state index contributed by atoms with van der Waals surface area (Å²) in [6, 6.07) is 5.49. The van der Waals surface area contributed by atoms with Gasteiger partial charge >= 0.3 is 8.60 Å². The predicted octanol–water partition coefficient (Wildman–Crippen LogP) is 0.857. The Labute approximate surface area is 78.3 Å². The van der Waals surface area contributed by atoms with Gasteiger partial charge in [-0.25, -0.2) is 4.21 Å². The Morgan fingerprint density at radius 3 is 2.15 bits per heavy atom. The topological polar surface area (TPSA) is 87.0 Å². The van der Waals surface area contributed by atoms with Crippen molar-refractivity contribution in [2.75, 3.05) is 0 Å². The number of rotatable bonds is 3. The number of benzene rings is 1. The molecule has 0 aliphatic carbocycles. The van der Waals surface area contributed by atoms with Crippen LogP contribution in [0, 0.1) is 0 Å². The van der Waals surface area contributed by atoms with Crippen LogP contribution in [0.1, 0.15) is 0 Å². The van der Waals surface area contributed by atoms with Gasteiger partial charge in [-0.1, -0.05) is 0 Å². The monoisotopic (exact) mass is 222 g/mol. The molecule has 0 aromatic heterocycles. The molecule has 0 heterocycles. The summed E-state index contributed by atoms with van der Waals surface area (Å²) in [7, 11) is -2.44. The van der Waals surface area contributed by atoms with Crippen molar-refractivity contribution >= 4 is 19.7 Å². The number of hydrogen-bond donors (Lipinski definition) is 3. The van der Waals surface area contributed by atoms with E-state index >= 15 is 0 Å². The fourth-order valence-electron chi connectivity index (χ4n) is 0.711. The van der Waals surface area contributed by atoms with E-state index in [1.165, 1.54) is 24.3 Å².